The molecule has 4 rings (SSSR count). The van der Waals surface area contributed by atoms with Crippen LogP contribution in [0, 0.1) is 10.1 Å². The number of hydrogen-bond acceptors (Lipinski definition) is 9. The van der Waals surface area contributed by atoms with Crippen molar-refractivity contribution in [1.29, 1.82) is 0 Å². The predicted molar refractivity (Wildman–Crippen MR) is 151 cm³/mol. The van der Waals surface area contributed by atoms with E-state index < -0.39 is 40.0 Å². The first kappa shape index (κ1) is 28.8. The highest BCUT2D eigenvalue weighted by Crippen LogP contribution is 2.29. The first-order valence-corrected chi connectivity index (χ1v) is 13.5. The van der Waals surface area contributed by atoms with Crippen molar-refractivity contribution in [3.05, 3.63) is 95.0 Å². The zero-order valence-corrected chi connectivity index (χ0v) is 22.8. The second kappa shape index (κ2) is 12.3. The molecule has 0 unspecified atom stereocenters. The molecular weight excluding hydrogens is 554 g/mol. The maximum atomic E-state index is 13.2. The van der Waals surface area contributed by atoms with Gasteiger partial charge in [-0.05, 0) is 59.3 Å². The van der Waals surface area contributed by atoms with Gasteiger partial charge in [0.15, 0.2) is 13.2 Å². The number of nitrogens with zero attached hydrogens (tertiary/aromatic N) is 2. The molecule has 0 aliphatic carbocycles. The molecule has 1 N–H and O–H groups in total. The summed E-state index contributed by atoms with van der Waals surface area (Å²) in [6, 6.07) is 22.3. The fourth-order valence-electron chi connectivity index (χ4n) is 3.79. The molecule has 212 valence electrons. The SMILES string of the molecule is COc1ccc(NC(=O)COC(=O)COc2ccc(N(C)S(=O)(=O)c3ccc4ccccc4c3)cc2)c([N+](=O)[O-])c1. The van der Waals surface area contributed by atoms with Crippen LogP contribution >= 0.6 is 0 Å². The number of amides is 1. The normalized spacial score (nSPS) is 11.0. The summed E-state index contributed by atoms with van der Waals surface area (Å²) in [7, 11) is -1.05. The highest BCUT2D eigenvalue weighted by Gasteiger charge is 2.22. The first-order chi connectivity index (χ1) is 19.6. The van der Waals surface area contributed by atoms with Crippen LogP contribution in [0.2, 0.25) is 0 Å². The molecule has 41 heavy (non-hydrogen) atoms. The van der Waals surface area contributed by atoms with E-state index in [4.69, 9.17) is 14.2 Å². The zero-order chi connectivity index (χ0) is 29.6. The van der Waals surface area contributed by atoms with Gasteiger partial charge >= 0.3 is 5.97 Å². The van der Waals surface area contributed by atoms with Crippen LogP contribution in [0.5, 0.6) is 11.5 Å². The van der Waals surface area contributed by atoms with Gasteiger partial charge < -0.3 is 19.5 Å². The number of fused-ring (bicyclic) bond motifs is 1. The minimum absolute atomic E-state index is 0.0826. The Labute approximate surface area is 235 Å². The largest absolute Gasteiger partial charge is 0.496 e. The van der Waals surface area contributed by atoms with E-state index in [-0.39, 0.29) is 27.8 Å². The van der Waals surface area contributed by atoms with Gasteiger partial charge in [0.25, 0.3) is 21.6 Å². The van der Waals surface area contributed by atoms with Gasteiger partial charge in [0.05, 0.1) is 28.7 Å². The van der Waals surface area contributed by atoms with Gasteiger partial charge in [-0.25, -0.2) is 13.2 Å². The number of carbonyl (C=O) groups is 2. The van der Waals surface area contributed by atoms with Crippen molar-refractivity contribution in [2.75, 3.05) is 37.0 Å². The number of nitrogens with one attached hydrogen (secondary N) is 1. The number of sulfonamides is 1. The van der Waals surface area contributed by atoms with Crippen LogP contribution in [0.15, 0.2) is 89.8 Å². The van der Waals surface area contributed by atoms with Crippen LogP contribution in [0.25, 0.3) is 10.8 Å². The molecule has 4 aromatic carbocycles. The Bertz CT molecular complexity index is 1710. The molecule has 0 spiro atoms. The monoisotopic (exact) mass is 579 g/mol. The number of nitro groups is 1. The molecule has 0 atom stereocenters. The highest BCUT2D eigenvalue weighted by molar-refractivity contribution is 7.92. The zero-order valence-electron chi connectivity index (χ0n) is 22.0. The van der Waals surface area contributed by atoms with Crippen LogP contribution in [0.4, 0.5) is 17.1 Å². The smallest absolute Gasteiger partial charge is 0.344 e. The molecule has 0 saturated heterocycles. The van der Waals surface area contributed by atoms with E-state index in [9.17, 15) is 28.1 Å². The quantitative estimate of drug-likeness (QED) is 0.157. The standard InChI is InChI=1S/C28H25N3O9S/c1-30(41(36,37)24-13-7-19-5-3-4-6-20(19)15-24)21-8-10-22(11-9-21)39-18-28(33)40-17-27(32)29-25-14-12-23(38-2)16-26(25)31(34)35/h3-16H,17-18H2,1-2H3,(H,29,32). The van der Waals surface area contributed by atoms with Crippen LogP contribution in [-0.2, 0) is 24.3 Å². The summed E-state index contributed by atoms with van der Waals surface area (Å²) in [5.74, 6) is -1.14. The number of rotatable bonds is 11. The van der Waals surface area contributed by atoms with Crippen LogP contribution in [-0.4, -0.2) is 52.6 Å². The molecule has 0 aliphatic heterocycles. The van der Waals surface area contributed by atoms with Crippen molar-refractivity contribution >= 4 is 49.7 Å². The second-order valence-corrected chi connectivity index (χ2v) is 10.6. The number of carbonyl (C=O) groups excluding carboxylic acids is 2. The average molecular weight is 580 g/mol. The summed E-state index contributed by atoms with van der Waals surface area (Å²) < 4.78 is 42.6. The molecule has 13 heteroatoms. The third-order valence-corrected chi connectivity index (χ3v) is 7.76. The fourth-order valence-corrected chi connectivity index (χ4v) is 5.02. The average Bonchev–Trinajstić information content (AvgIpc) is 2.98. The lowest BCUT2D eigenvalue weighted by Crippen LogP contribution is -2.26. The molecule has 0 saturated carbocycles. The van der Waals surface area contributed by atoms with E-state index >= 15 is 0 Å². The highest BCUT2D eigenvalue weighted by atomic mass is 32.2. The number of ether oxygens (including phenoxy) is 3. The maximum absolute atomic E-state index is 13.2. The third-order valence-electron chi connectivity index (χ3n) is 5.98. The summed E-state index contributed by atoms with van der Waals surface area (Å²) in [5, 5.41) is 15.3. The molecule has 1 amide bonds. The van der Waals surface area contributed by atoms with Gasteiger partial charge in [-0.2, -0.15) is 0 Å². The molecule has 0 fully saturated rings. The third kappa shape index (κ3) is 6.89. The van der Waals surface area contributed by atoms with E-state index in [1.54, 1.807) is 18.2 Å². The van der Waals surface area contributed by atoms with Gasteiger partial charge in [0.1, 0.15) is 17.2 Å². The first-order valence-electron chi connectivity index (χ1n) is 12.1. The van der Waals surface area contributed by atoms with Crippen LogP contribution < -0.4 is 19.1 Å². The lowest BCUT2D eigenvalue weighted by atomic mass is 10.1. The number of nitro benzene ring substituents is 1. The lowest BCUT2D eigenvalue weighted by molar-refractivity contribution is -0.384. The Kier molecular flexibility index (Phi) is 8.68. The molecule has 0 bridgehead atoms. The molecule has 0 radical (unpaired) electrons. The number of anilines is 2. The van der Waals surface area contributed by atoms with Crippen LogP contribution in [0.1, 0.15) is 0 Å². The summed E-state index contributed by atoms with van der Waals surface area (Å²) in [6.45, 7) is -1.22. The Balaban J connectivity index is 1.29. The van der Waals surface area contributed by atoms with Crippen molar-refractivity contribution in [3.63, 3.8) is 0 Å². The van der Waals surface area contributed by atoms with E-state index in [0.29, 0.717) is 5.69 Å². The molecule has 4 aromatic rings. The molecular formula is C28H25N3O9S. The fraction of sp³-hybridized carbons (Fsp3) is 0.143. The van der Waals surface area contributed by atoms with Gasteiger partial charge in [-0.15, -0.1) is 0 Å². The maximum Gasteiger partial charge on any atom is 0.344 e. The van der Waals surface area contributed by atoms with E-state index in [0.717, 1.165) is 21.1 Å². The summed E-state index contributed by atoms with van der Waals surface area (Å²) in [5.41, 5.74) is -0.0929. The Morgan fingerprint density at radius 2 is 1.59 bits per heavy atom. The van der Waals surface area contributed by atoms with E-state index in [1.807, 2.05) is 24.3 Å². The van der Waals surface area contributed by atoms with Crippen molar-refractivity contribution in [2.24, 2.45) is 0 Å². The van der Waals surface area contributed by atoms with Gasteiger partial charge in [-0.1, -0.05) is 30.3 Å². The molecule has 0 aromatic heterocycles. The van der Waals surface area contributed by atoms with Crippen molar-refractivity contribution in [2.45, 2.75) is 4.90 Å². The number of hydrogen-bond donors (Lipinski definition) is 1. The minimum Gasteiger partial charge on any atom is -0.496 e. The van der Waals surface area contributed by atoms with Gasteiger partial charge in [0, 0.05) is 7.05 Å². The molecule has 0 heterocycles. The lowest BCUT2D eigenvalue weighted by Gasteiger charge is -2.20. The Morgan fingerprint density at radius 1 is 0.902 bits per heavy atom. The summed E-state index contributed by atoms with van der Waals surface area (Å²) in [4.78, 5) is 34.9. The van der Waals surface area contributed by atoms with E-state index in [1.165, 1.54) is 50.6 Å². The minimum atomic E-state index is -3.83. The van der Waals surface area contributed by atoms with Crippen molar-refractivity contribution in [1.82, 2.24) is 0 Å². The van der Waals surface area contributed by atoms with Crippen molar-refractivity contribution in [3.8, 4) is 11.5 Å². The molecule has 12 nitrogen and oxygen atoms in total. The van der Waals surface area contributed by atoms with Gasteiger partial charge in [0.2, 0.25) is 0 Å². The Morgan fingerprint density at radius 3 is 2.27 bits per heavy atom. The number of esters is 1. The second-order valence-electron chi connectivity index (χ2n) is 8.61. The number of methoxy groups -OCH3 is 1. The number of benzene rings is 4. The predicted octanol–water partition coefficient (Wildman–Crippen LogP) is 4.14. The van der Waals surface area contributed by atoms with Gasteiger partial charge in [-0.3, -0.25) is 19.2 Å². The summed E-state index contributed by atoms with van der Waals surface area (Å²) in [6.07, 6.45) is 0. The topological polar surface area (TPSA) is 154 Å². The van der Waals surface area contributed by atoms with Crippen molar-refractivity contribution < 1.29 is 37.1 Å². The summed E-state index contributed by atoms with van der Waals surface area (Å²) >= 11 is 0. The van der Waals surface area contributed by atoms with Crippen LogP contribution in [0.3, 0.4) is 0 Å². The molecule has 0 aliphatic rings. The van der Waals surface area contributed by atoms with E-state index in [2.05, 4.69) is 5.32 Å². The Hall–Kier alpha value is -5.17.